The lowest BCUT2D eigenvalue weighted by Gasteiger charge is -2.32. The van der Waals surface area contributed by atoms with Gasteiger partial charge in [-0.25, -0.2) is 13.9 Å². The van der Waals surface area contributed by atoms with E-state index in [1.807, 2.05) is 0 Å². The highest BCUT2D eigenvalue weighted by molar-refractivity contribution is 5.59. The van der Waals surface area contributed by atoms with E-state index >= 15 is 0 Å². The number of anilines is 1. The molecule has 172 valence electrons. The first-order valence-corrected chi connectivity index (χ1v) is 10.3. The number of imidazole rings is 1. The smallest absolute Gasteiger partial charge is 0.403 e. The molecule has 4 aromatic heterocycles. The zero-order chi connectivity index (χ0) is 23.4. The van der Waals surface area contributed by atoms with Crippen molar-refractivity contribution >= 4 is 11.5 Å². The summed E-state index contributed by atoms with van der Waals surface area (Å²) in [5.41, 5.74) is 1.51. The molecule has 0 radical (unpaired) electrons. The minimum atomic E-state index is -4.53. The molecule has 0 amide bonds. The summed E-state index contributed by atoms with van der Waals surface area (Å²) in [6, 6.07) is 8.84. The molecule has 8 nitrogen and oxygen atoms in total. The summed E-state index contributed by atoms with van der Waals surface area (Å²) >= 11 is 0. The van der Waals surface area contributed by atoms with Crippen LogP contribution in [0.2, 0.25) is 0 Å². The normalized spacial score (nSPS) is 16.2. The Bertz CT molecular complexity index is 1490. The van der Waals surface area contributed by atoms with E-state index < -0.39 is 23.6 Å². The molecule has 34 heavy (non-hydrogen) atoms. The molecule has 0 spiro atoms. The van der Waals surface area contributed by atoms with Crippen LogP contribution in [0.25, 0.3) is 17.0 Å². The predicted octanol–water partition coefficient (Wildman–Crippen LogP) is 4.42. The number of hydrogen-bond acceptors (Lipinski definition) is 6. The van der Waals surface area contributed by atoms with Crippen LogP contribution in [0.4, 0.5) is 23.6 Å². The number of fused-ring (bicyclic) bond motifs is 2. The van der Waals surface area contributed by atoms with Crippen molar-refractivity contribution in [2.24, 2.45) is 0 Å². The maximum atomic E-state index is 13.6. The molecule has 1 N–H and O–H groups in total. The summed E-state index contributed by atoms with van der Waals surface area (Å²) < 4.78 is 61.0. The zero-order valence-corrected chi connectivity index (χ0v) is 17.3. The lowest BCUT2D eigenvalue weighted by molar-refractivity contribution is -0.136. The van der Waals surface area contributed by atoms with Gasteiger partial charge in [-0.2, -0.15) is 18.3 Å². The van der Waals surface area contributed by atoms with E-state index in [1.54, 1.807) is 4.90 Å². The summed E-state index contributed by atoms with van der Waals surface area (Å²) in [6.07, 6.45) is -0.941. The van der Waals surface area contributed by atoms with E-state index in [0.29, 0.717) is 29.9 Å². The van der Waals surface area contributed by atoms with Gasteiger partial charge in [0, 0.05) is 30.4 Å². The van der Waals surface area contributed by atoms with Crippen LogP contribution in [0.3, 0.4) is 0 Å². The molecule has 0 aliphatic carbocycles. The topological polar surface area (TPSA) is 88.1 Å². The molecule has 0 unspecified atom stereocenters. The van der Waals surface area contributed by atoms with Crippen molar-refractivity contribution in [3.8, 4) is 11.5 Å². The molecule has 12 heteroatoms. The van der Waals surface area contributed by atoms with Crippen molar-refractivity contribution in [2.45, 2.75) is 18.6 Å². The third kappa shape index (κ3) is 3.29. The molecule has 0 fully saturated rings. The monoisotopic (exact) mass is 469 g/mol. The van der Waals surface area contributed by atoms with Gasteiger partial charge in [0.2, 0.25) is 5.89 Å². The van der Waals surface area contributed by atoms with Crippen LogP contribution in [-0.2, 0) is 12.6 Å². The van der Waals surface area contributed by atoms with Crippen LogP contribution in [0.1, 0.15) is 28.7 Å². The van der Waals surface area contributed by atoms with Crippen LogP contribution in [0.15, 0.2) is 59.4 Å². The molecule has 5 heterocycles. The number of hydrogen-bond donors (Lipinski definition) is 1. The SMILES string of the molecule is Fc1ccc(-c2nnc(N3CCc4[nH]cnc4[C@H]3c3cc4c(C(F)(F)F)cccn4n3)o2)cc1. The summed E-state index contributed by atoms with van der Waals surface area (Å²) in [7, 11) is 0. The van der Waals surface area contributed by atoms with Crippen molar-refractivity contribution in [3.05, 3.63) is 83.5 Å². The van der Waals surface area contributed by atoms with Gasteiger partial charge in [-0.1, -0.05) is 5.10 Å². The van der Waals surface area contributed by atoms with Gasteiger partial charge in [0.25, 0.3) is 0 Å². The fourth-order valence-corrected chi connectivity index (χ4v) is 4.23. The highest BCUT2D eigenvalue weighted by Gasteiger charge is 2.38. The number of aromatic amines is 1. The fourth-order valence-electron chi connectivity index (χ4n) is 4.23. The third-order valence-electron chi connectivity index (χ3n) is 5.78. The van der Waals surface area contributed by atoms with Crippen LogP contribution in [0.5, 0.6) is 0 Å². The van der Waals surface area contributed by atoms with E-state index in [0.717, 1.165) is 11.8 Å². The number of benzene rings is 1. The van der Waals surface area contributed by atoms with Crippen molar-refractivity contribution < 1.29 is 22.0 Å². The van der Waals surface area contributed by atoms with Gasteiger partial charge in [0.1, 0.15) is 11.9 Å². The number of alkyl halides is 3. The van der Waals surface area contributed by atoms with E-state index in [-0.39, 0.29) is 17.4 Å². The Morgan fingerprint density at radius 2 is 1.91 bits per heavy atom. The maximum absolute atomic E-state index is 13.6. The van der Waals surface area contributed by atoms with Gasteiger partial charge < -0.3 is 14.3 Å². The van der Waals surface area contributed by atoms with E-state index in [9.17, 15) is 17.6 Å². The van der Waals surface area contributed by atoms with Crippen LogP contribution in [0, 0.1) is 5.82 Å². The zero-order valence-electron chi connectivity index (χ0n) is 17.3. The highest BCUT2D eigenvalue weighted by atomic mass is 19.4. The molecular weight excluding hydrogens is 454 g/mol. The Kier molecular flexibility index (Phi) is 4.44. The average Bonchev–Trinajstić information content (AvgIpc) is 3.56. The predicted molar refractivity (Wildman–Crippen MR) is 111 cm³/mol. The fraction of sp³-hybridized carbons (Fsp3) is 0.182. The van der Waals surface area contributed by atoms with Gasteiger partial charge in [-0.05, 0) is 42.5 Å². The first kappa shape index (κ1) is 20.4. The van der Waals surface area contributed by atoms with Gasteiger partial charge in [0.05, 0.1) is 28.8 Å². The first-order valence-electron chi connectivity index (χ1n) is 10.3. The molecule has 0 bridgehead atoms. The molecule has 1 aromatic carbocycles. The standard InChI is InChI=1S/C22H15F4N7O/c23-13-5-3-12(4-6-13)20-29-30-21(34-20)32-9-7-15-18(28-11-27-15)19(32)16-10-17-14(22(24,25)26)2-1-8-33(17)31-16/h1-6,8,10-11,19H,7,9H2,(H,27,28)/t19-/m1/s1. The lowest BCUT2D eigenvalue weighted by Crippen LogP contribution is -2.36. The molecule has 1 aliphatic heterocycles. The Balaban J connectivity index is 1.45. The Labute approximate surface area is 188 Å². The van der Waals surface area contributed by atoms with Crippen molar-refractivity contribution in [3.63, 3.8) is 0 Å². The van der Waals surface area contributed by atoms with Gasteiger partial charge in [-0.15, -0.1) is 5.10 Å². The van der Waals surface area contributed by atoms with E-state index in [1.165, 1.54) is 53.4 Å². The van der Waals surface area contributed by atoms with Gasteiger partial charge in [0.15, 0.2) is 0 Å². The molecule has 1 aliphatic rings. The average molecular weight is 469 g/mol. The Hall–Kier alpha value is -4.22. The molecule has 6 rings (SSSR count). The third-order valence-corrected chi connectivity index (χ3v) is 5.78. The number of aromatic nitrogens is 6. The maximum Gasteiger partial charge on any atom is 0.418 e. The number of halogens is 4. The minimum Gasteiger partial charge on any atom is -0.403 e. The molecule has 0 saturated heterocycles. The highest BCUT2D eigenvalue weighted by Crippen LogP contribution is 2.39. The second kappa shape index (κ2) is 7.40. The van der Waals surface area contributed by atoms with Crippen molar-refractivity contribution in [1.82, 2.24) is 29.8 Å². The number of pyridine rings is 1. The number of nitrogens with zero attached hydrogens (tertiary/aromatic N) is 6. The van der Waals surface area contributed by atoms with E-state index in [2.05, 4.69) is 25.3 Å². The Morgan fingerprint density at radius 3 is 2.71 bits per heavy atom. The van der Waals surface area contributed by atoms with Crippen LogP contribution in [-0.4, -0.2) is 36.3 Å². The Morgan fingerprint density at radius 1 is 1.09 bits per heavy atom. The second-order valence-electron chi connectivity index (χ2n) is 7.83. The van der Waals surface area contributed by atoms with Crippen LogP contribution >= 0.6 is 0 Å². The summed E-state index contributed by atoms with van der Waals surface area (Å²) in [5.74, 6) is -0.202. The largest absolute Gasteiger partial charge is 0.418 e. The minimum absolute atomic E-state index is 0.0647. The van der Waals surface area contributed by atoms with Gasteiger partial charge >= 0.3 is 12.2 Å². The second-order valence-corrected chi connectivity index (χ2v) is 7.83. The summed E-state index contributed by atoms with van der Waals surface area (Å²) in [6.45, 7) is 0.435. The van der Waals surface area contributed by atoms with Crippen LogP contribution < -0.4 is 4.90 Å². The molecule has 5 aromatic rings. The number of H-pyrrole nitrogens is 1. The van der Waals surface area contributed by atoms with Gasteiger partial charge in [-0.3, -0.25) is 0 Å². The van der Waals surface area contributed by atoms with Crippen molar-refractivity contribution in [1.29, 1.82) is 0 Å². The quantitative estimate of drug-likeness (QED) is 0.394. The lowest BCUT2D eigenvalue weighted by atomic mass is 10.00. The number of rotatable bonds is 3. The van der Waals surface area contributed by atoms with Crippen molar-refractivity contribution in [2.75, 3.05) is 11.4 Å². The molecular formula is C22H15F4N7O. The first-order chi connectivity index (χ1) is 16.4. The number of nitrogens with one attached hydrogen (secondary N) is 1. The summed E-state index contributed by atoms with van der Waals surface area (Å²) in [4.78, 5) is 9.25. The van der Waals surface area contributed by atoms with E-state index in [4.69, 9.17) is 4.42 Å². The summed E-state index contributed by atoms with van der Waals surface area (Å²) in [5, 5.41) is 12.6. The molecule has 0 saturated carbocycles. The molecule has 1 atom stereocenters.